The molecule has 0 bridgehead atoms. The predicted molar refractivity (Wildman–Crippen MR) is 135 cm³/mol. The summed E-state index contributed by atoms with van der Waals surface area (Å²) in [4.78, 5) is 23.1. The quantitative estimate of drug-likeness (QED) is 0.421. The Morgan fingerprint density at radius 1 is 1.11 bits per heavy atom. The predicted octanol–water partition coefficient (Wildman–Crippen LogP) is 4.92. The fourth-order valence-corrected chi connectivity index (χ4v) is 4.76. The van der Waals surface area contributed by atoms with Gasteiger partial charge in [-0.05, 0) is 53.8 Å². The highest BCUT2D eigenvalue weighted by Gasteiger charge is 2.30. The number of benzene rings is 3. The summed E-state index contributed by atoms with van der Waals surface area (Å²) < 4.78 is 14.5. The second-order valence-corrected chi connectivity index (χ2v) is 8.59. The van der Waals surface area contributed by atoms with Crippen LogP contribution in [0.15, 0.2) is 79.0 Å². The van der Waals surface area contributed by atoms with Crippen molar-refractivity contribution in [1.82, 2.24) is 15.3 Å². The molecule has 1 heterocycles. The van der Waals surface area contributed by atoms with E-state index >= 15 is 0 Å². The molecular formula is C28H26FN5O. The molecule has 1 aliphatic rings. The Bertz CT molecular complexity index is 1380. The van der Waals surface area contributed by atoms with E-state index in [0.29, 0.717) is 12.2 Å². The lowest BCUT2D eigenvalue weighted by Crippen LogP contribution is -2.27. The SMILES string of the molecule is CNC(=O)c1nc(-c2cccc(CN(c3ccccc3)C3CCc4c(F)cccc43)c2)cnc1N. The van der Waals surface area contributed by atoms with Crippen LogP contribution < -0.4 is 16.0 Å². The molecule has 1 atom stereocenters. The number of aromatic nitrogens is 2. The van der Waals surface area contributed by atoms with Gasteiger partial charge < -0.3 is 16.0 Å². The van der Waals surface area contributed by atoms with Crippen LogP contribution in [-0.4, -0.2) is 22.9 Å². The minimum absolute atomic E-state index is 0.0722. The number of carbonyl (C=O) groups is 1. The number of nitrogen functional groups attached to an aromatic ring is 1. The average Bonchev–Trinajstić information content (AvgIpc) is 3.33. The first kappa shape index (κ1) is 22.5. The van der Waals surface area contributed by atoms with Crippen molar-refractivity contribution in [2.45, 2.75) is 25.4 Å². The number of nitrogens with zero attached hydrogens (tertiary/aromatic N) is 3. The van der Waals surface area contributed by atoms with Crippen LogP contribution in [0.2, 0.25) is 0 Å². The fraction of sp³-hybridized carbons (Fsp3) is 0.179. The highest BCUT2D eigenvalue weighted by molar-refractivity contribution is 5.96. The zero-order valence-electron chi connectivity index (χ0n) is 19.4. The van der Waals surface area contributed by atoms with E-state index in [1.807, 2.05) is 42.5 Å². The number of fused-ring (bicyclic) bond motifs is 1. The van der Waals surface area contributed by atoms with Gasteiger partial charge in [-0.1, -0.05) is 48.5 Å². The van der Waals surface area contributed by atoms with Crippen molar-refractivity contribution in [2.24, 2.45) is 0 Å². The minimum atomic E-state index is -0.379. The average molecular weight is 468 g/mol. The van der Waals surface area contributed by atoms with Gasteiger partial charge in [-0.25, -0.2) is 14.4 Å². The number of nitrogens with one attached hydrogen (secondary N) is 1. The Labute approximate surface area is 203 Å². The van der Waals surface area contributed by atoms with Gasteiger partial charge in [-0.15, -0.1) is 0 Å². The van der Waals surface area contributed by atoms with Gasteiger partial charge in [0.1, 0.15) is 5.82 Å². The first-order valence-electron chi connectivity index (χ1n) is 11.6. The molecule has 3 aromatic carbocycles. The second-order valence-electron chi connectivity index (χ2n) is 8.59. The fourth-order valence-electron chi connectivity index (χ4n) is 4.76. The molecule has 0 spiro atoms. The normalized spacial score (nSPS) is 14.4. The van der Waals surface area contributed by atoms with Gasteiger partial charge in [0, 0.05) is 24.8 Å². The van der Waals surface area contributed by atoms with Crippen LogP contribution >= 0.6 is 0 Å². The second kappa shape index (κ2) is 9.54. The van der Waals surface area contributed by atoms with E-state index in [9.17, 15) is 9.18 Å². The van der Waals surface area contributed by atoms with Crippen molar-refractivity contribution in [2.75, 3.05) is 17.7 Å². The third-order valence-electron chi connectivity index (χ3n) is 6.46. The lowest BCUT2D eigenvalue weighted by molar-refractivity contribution is 0.0959. The number of hydrogen-bond donors (Lipinski definition) is 2. The number of para-hydroxylation sites is 1. The smallest absolute Gasteiger partial charge is 0.273 e. The molecule has 1 aliphatic carbocycles. The van der Waals surface area contributed by atoms with Crippen LogP contribution in [0.3, 0.4) is 0 Å². The maximum Gasteiger partial charge on any atom is 0.273 e. The van der Waals surface area contributed by atoms with E-state index in [1.54, 1.807) is 12.3 Å². The monoisotopic (exact) mass is 467 g/mol. The molecule has 0 fully saturated rings. The lowest BCUT2D eigenvalue weighted by atomic mass is 10.0. The van der Waals surface area contributed by atoms with Crippen LogP contribution in [0.1, 0.15) is 39.6 Å². The molecule has 0 saturated carbocycles. The number of anilines is 2. The van der Waals surface area contributed by atoms with Crippen LogP contribution in [0.4, 0.5) is 15.9 Å². The summed E-state index contributed by atoms with van der Waals surface area (Å²) >= 11 is 0. The van der Waals surface area contributed by atoms with Crippen LogP contribution in [0.5, 0.6) is 0 Å². The van der Waals surface area contributed by atoms with Gasteiger partial charge in [-0.2, -0.15) is 0 Å². The molecular weight excluding hydrogens is 441 g/mol. The van der Waals surface area contributed by atoms with E-state index in [-0.39, 0.29) is 29.3 Å². The van der Waals surface area contributed by atoms with Gasteiger partial charge >= 0.3 is 0 Å². The summed E-state index contributed by atoms with van der Waals surface area (Å²) in [6.45, 7) is 0.628. The maximum atomic E-state index is 14.5. The van der Waals surface area contributed by atoms with Gasteiger partial charge in [0.25, 0.3) is 5.91 Å². The molecule has 35 heavy (non-hydrogen) atoms. The zero-order chi connectivity index (χ0) is 24.4. The van der Waals surface area contributed by atoms with Gasteiger partial charge in [0.15, 0.2) is 11.5 Å². The zero-order valence-corrected chi connectivity index (χ0v) is 19.4. The van der Waals surface area contributed by atoms with Crippen molar-refractivity contribution in [3.63, 3.8) is 0 Å². The molecule has 0 radical (unpaired) electrons. The Morgan fingerprint density at radius 2 is 1.91 bits per heavy atom. The van der Waals surface area contributed by atoms with Crippen LogP contribution in [0, 0.1) is 5.82 Å². The Morgan fingerprint density at radius 3 is 2.71 bits per heavy atom. The molecule has 0 aliphatic heterocycles. The Balaban J connectivity index is 1.50. The van der Waals surface area contributed by atoms with Gasteiger partial charge in [0.2, 0.25) is 0 Å². The molecule has 1 amide bonds. The van der Waals surface area contributed by atoms with E-state index < -0.39 is 0 Å². The van der Waals surface area contributed by atoms with Crippen molar-refractivity contribution in [3.05, 3.63) is 107 Å². The molecule has 6 nitrogen and oxygen atoms in total. The number of rotatable bonds is 6. The standard InChI is InChI=1S/C28H26FN5O/c1-31-28(35)26-27(30)32-16-24(33-26)19-8-5-7-18(15-19)17-34(20-9-3-2-4-10-20)25-14-13-21-22(25)11-6-12-23(21)29/h2-12,15-16,25H,13-14,17H2,1H3,(H2,30,32)(H,31,35). The number of amides is 1. The molecule has 0 saturated heterocycles. The highest BCUT2D eigenvalue weighted by atomic mass is 19.1. The summed E-state index contributed by atoms with van der Waals surface area (Å²) in [6, 6.07) is 23.6. The van der Waals surface area contributed by atoms with E-state index in [2.05, 4.69) is 38.4 Å². The number of nitrogens with two attached hydrogens (primary N) is 1. The van der Waals surface area contributed by atoms with Gasteiger partial charge in [-0.3, -0.25) is 4.79 Å². The third kappa shape index (κ3) is 4.45. The first-order valence-corrected chi connectivity index (χ1v) is 11.6. The summed E-state index contributed by atoms with van der Waals surface area (Å²) in [5, 5.41) is 2.54. The van der Waals surface area contributed by atoms with Crippen molar-refractivity contribution < 1.29 is 9.18 Å². The maximum absolute atomic E-state index is 14.5. The van der Waals surface area contributed by atoms with Crippen molar-refractivity contribution in [3.8, 4) is 11.3 Å². The number of hydrogen-bond acceptors (Lipinski definition) is 5. The molecule has 3 N–H and O–H groups in total. The molecule has 5 rings (SSSR count). The highest BCUT2D eigenvalue weighted by Crippen LogP contribution is 2.40. The Kier molecular flexibility index (Phi) is 6.14. The topological polar surface area (TPSA) is 84.1 Å². The molecule has 176 valence electrons. The summed E-state index contributed by atoms with van der Waals surface area (Å²) in [5.74, 6) is -0.420. The summed E-state index contributed by atoms with van der Waals surface area (Å²) in [7, 11) is 1.53. The molecule has 7 heteroatoms. The number of carbonyl (C=O) groups excluding carboxylic acids is 1. The molecule has 1 unspecified atom stereocenters. The van der Waals surface area contributed by atoms with E-state index in [0.717, 1.165) is 40.8 Å². The Hall–Kier alpha value is -4.26. The largest absolute Gasteiger partial charge is 0.382 e. The molecule has 1 aromatic heterocycles. The minimum Gasteiger partial charge on any atom is -0.382 e. The summed E-state index contributed by atoms with van der Waals surface area (Å²) in [5.41, 5.74) is 11.4. The van der Waals surface area contributed by atoms with Crippen molar-refractivity contribution in [1.29, 1.82) is 0 Å². The number of halogens is 1. The van der Waals surface area contributed by atoms with Crippen LogP contribution in [0.25, 0.3) is 11.3 Å². The van der Waals surface area contributed by atoms with Gasteiger partial charge in [0.05, 0.1) is 17.9 Å². The molecule has 4 aromatic rings. The van der Waals surface area contributed by atoms with E-state index in [4.69, 9.17) is 5.73 Å². The summed E-state index contributed by atoms with van der Waals surface area (Å²) in [6.07, 6.45) is 3.15. The van der Waals surface area contributed by atoms with E-state index in [1.165, 1.54) is 13.1 Å². The van der Waals surface area contributed by atoms with Crippen LogP contribution in [-0.2, 0) is 13.0 Å². The van der Waals surface area contributed by atoms with Crippen molar-refractivity contribution >= 4 is 17.4 Å². The first-order chi connectivity index (χ1) is 17.0. The lowest BCUT2D eigenvalue weighted by Gasteiger charge is -2.32. The third-order valence-corrected chi connectivity index (χ3v) is 6.46.